The average Bonchev–Trinajstić information content (AvgIpc) is 2.69. The second-order valence-electron chi connectivity index (χ2n) is 5.65. The Kier molecular flexibility index (Phi) is 5.43. The van der Waals surface area contributed by atoms with E-state index in [4.69, 9.17) is 4.74 Å². The van der Waals surface area contributed by atoms with Crippen molar-refractivity contribution in [1.29, 1.82) is 0 Å². The Morgan fingerprint density at radius 3 is 2.35 bits per heavy atom. The van der Waals surface area contributed by atoms with E-state index in [2.05, 4.69) is 39.7 Å². The molecule has 0 aliphatic rings. The Morgan fingerprint density at radius 2 is 1.69 bits per heavy atom. The van der Waals surface area contributed by atoms with Gasteiger partial charge in [0, 0.05) is 17.4 Å². The monoisotopic (exact) mass is 348 g/mol. The van der Waals surface area contributed by atoms with Crippen LogP contribution in [0.15, 0.2) is 60.9 Å². The number of hydrogen-bond donors (Lipinski definition) is 2. The van der Waals surface area contributed by atoms with E-state index < -0.39 is 0 Å². The summed E-state index contributed by atoms with van der Waals surface area (Å²) in [6, 6.07) is 16.8. The maximum atomic E-state index is 12.4. The standard InChI is InChI=1S/C20H20N4O2/c1-3-14-4-6-15(7-5-14)23-19-12-18(21-13-22-19)20(25)24-16-8-10-17(26-2)11-9-16/h4-13H,3H2,1-2H3,(H,24,25)(H,21,22,23). The first-order valence-electron chi connectivity index (χ1n) is 8.31. The largest absolute Gasteiger partial charge is 0.497 e. The van der Waals surface area contributed by atoms with E-state index in [0.717, 1.165) is 17.9 Å². The van der Waals surface area contributed by atoms with Crippen molar-refractivity contribution in [2.45, 2.75) is 13.3 Å². The van der Waals surface area contributed by atoms with Crippen molar-refractivity contribution >= 4 is 23.1 Å². The molecule has 1 heterocycles. The smallest absolute Gasteiger partial charge is 0.274 e. The fourth-order valence-electron chi connectivity index (χ4n) is 2.39. The first-order chi connectivity index (χ1) is 12.7. The zero-order valence-electron chi connectivity index (χ0n) is 14.7. The minimum atomic E-state index is -0.304. The van der Waals surface area contributed by atoms with Gasteiger partial charge >= 0.3 is 0 Å². The number of anilines is 3. The number of nitrogens with zero attached hydrogens (tertiary/aromatic N) is 2. The van der Waals surface area contributed by atoms with Crippen LogP contribution in [-0.2, 0) is 6.42 Å². The number of amides is 1. The highest BCUT2D eigenvalue weighted by Gasteiger charge is 2.09. The van der Waals surface area contributed by atoms with Gasteiger partial charge in [-0.05, 0) is 48.4 Å². The Bertz CT molecular complexity index is 877. The highest BCUT2D eigenvalue weighted by atomic mass is 16.5. The van der Waals surface area contributed by atoms with Gasteiger partial charge in [-0.1, -0.05) is 19.1 Å². The lowest BCUT2D eigenvalue weighted by Gasteiger charge is -2.08. The van der Waals surface area contributed by atoms with Crippen molar-refractivity contribution < 1.29 is 9.53 Å². The summed E-state index contributed by atoms with van der Waals surface area (Å²) >= 11 is 0. The highest BCUT2D eigenvalue weighted by Crippen LogP contribution is 2.18. The Hall–Kier alpha value is -3.41. The van der Waals surface area contributed by atoms with Crippen molar-refractivity contribution in [1.82, 2.24) is 9.97 Å². The molecule has 0 fully saturated rings. The summed E-state index contributed by atoms with van der Waals surface area (Å²) in [7, 11) is 1.60. The Labute approximate surface area is 152 Å². The molecule has 0 saturated carbocycles. The van der Waals surface area contributed by atoms with Gasteiger partial charge < -0.3 is 15.4 Å². The number of benzene rings is 2. The second kappa shape index (κ2) is 8.11. The van der Waals surface area contributed by atoms with Gasteiger partial charge in [-0.25, -0.2) is 9.97 Å². The topological polar surface area (TPSA) is 76.1 Å². The van der Waals surface area contributed by atoms with Crippen molar-refractivity contribution in [3.63, 3.8) is 0 Å². The number of carbonyl (C=O) groups is 1. The molecule has 6 heteroatoms. The number of methoxy groups -OCH3 is 1. The van der Waals surface area contributed by atoms with Gasteiger partial charge in [-0.3, -0.25) is 4.79 Å². The molecule has 0 atom stereocenters. The fourth-order valence-corrected chi connectivity index (χ4v) is 2.39. The lowest BCUT2D eigenvalue weighted by atomic mass is 10.1. The third-order valence-electron chi connectivity index (χ3n) is 3.88. The zero-order valence-corrected chi connectivity index (χ0v) is 14.7. The molecule has 132 valence electrons. The van der Waals surface area contributed by atoms with E-state index in [1.54, 1.807) is 37.4 Å². The molecular weight excluding hydrogens is 328 g/mol. The molecule has 0 saturated heterocycles. The van der Waals surface area contributed by atoms with Crippen LogP contribution in [0.5, 0.6) is 5.75 Å². The Morgan fingerprint density at radius 1 is 1.00 bits per heavy atom. The second-order valence-corrected chi connectivity index (χ2v) is 5.65. The van der Waals surface area contributed by atoms with Crippen molar-refractivity contribution in [2.75, 3.05) is 17.7 Å². The van der Waals surface area contributed by atoms with Gasteiger partial charge in [0.05, 0.1) is 7.11 Å². The Balaban J connectivity index is 1.69. The quantitative estimate of drug-likeness (QED) is 0.703. The molecule has 0 spiro atoms. The van der Waals surface area contributed by atoms with Gasteiger partial charge in [0.15, 0.2) is 0 Å². The lowest BCUT2D eigenvalue weighted by molar-refractivity contribution is 0.102. The third-order valence-corrected chi connectivity index (χ3v) is 3.88. The van der Waals surface area contributed by atoms with E-state index in [9.17, 15) is 4.79 Å². The van der Waals surface area contributed by atoms with E-state index in [0.29, 0.717) is 11.5 Å². The normalized spacial score (nSPS) is 10.2. The minimum absolute atomic E-state index is 0.281. The van der Waals surface area contributed by atoms with Crippen molar-refractivity contribution in [3.8, 4) is 5.75 Å². The molecule has 26 heavy (non-hydrogen) atoms. The predicted molar refractivity (Wildman–Crippen MR) is 102 cm³/mol. The first kappa shape index (κ1) is 17.4. The summed E-state index contributed by atoms with van der Waals surface area (Å²) in [5, 5.41) is 5.98. The SMILES string of the molecule is CCc1ccc(Nc2cc(C(=O)Nc3ccc(OC)cc3)ncn2)cc1. The molecule has 0 unspecified atom stereocenters. The van der Waals surface area contributed by atoms with Gasteiger partial charge in [-0.2, -0.15) is 0 Å². The molecule has 0 bridgehead atoms. The molecule has 6 nitrogen and oxygen atoms in total. The number of ether oxygens (including phenoxy) is 1. The molecule has 2 N–H and O–H groups in total. The molecule has 0 aliphatic heterocycles. The van der Waals surface area contributed by atoms with E-state index in [1.807, 2.05) is 12.1 Å². The number of carbonyl (C=O) groups excluding carboxylic acids is 1. The number of aryl methyl sites for hydroxylation is 1. The van der Waals surface area contributed by atoms with E-state index >= 15 is 0 Å². The van der Waals surface area contributed by atoms with E-state index in [1.165, 1.54) is 11.9 Å². The van der Waals surface area contributed by atoms with Crippen molar-refractivity contribution in [3.05, 3.63) is 72.2 Å². The van der Waals surface area contributed by atoms with Crippen LogP contribution in [0.25, 0.3) is 0 Å². The summed E-state index contributed by atoms with van der Waals surface area (Å²) < 4.78 is 5.10. The average molecular weight is 348 g/mol. The maximum absolute atomic E-state index is 12.4. The fraction of sp³-hybridized carbons (Fsp3) is 0.150. The van der Waals surface area contributed by atoms with Crippen LogP contribution in [0.1, 0.15) is 23.0 Å². The van der Waals surface area contributed by atoms with E-state index in [-0.39, 0.29) is 11.6 Å². The molecule has 1 aromatic heterocycles. The van der Waals surface area contributed by atoms with Crippen LogP contribution in [0.4, 0.5) is 17.2 Å². The summed E-state index contributed by atoms with van der Waals surface area (Å²) in [5.41, 5.74) is 3.11. The lowest BCUT2D eigenvalue weighted by Crippen LogP contribution is -2.14. The van der Waals surface area contributed by atoms with Crippen LogP contribution in [-0.4, -0.2) is 23.0 Å². The van der Waals surface area contributed by atoms with Gasteiger partial charge in [0.2, 0.25) is 0 Å². The molecule has 0 radical (unpaired) electrons. The van der Waals surface area contributed by atoms with Crippen LogP contribution in [0, 0.1) is 0 Å². The molecule has 3 aromatic rings. The molecule has 0 aliphatic carbocycles. The summed E-state index contributed by atoms with van der Waals surface area (Å²) in [4.78, 5) is 20.6. The summed E-state index contributed by atoms with van der Waals surface area (Å²) in [6.45, 7) is 2.11. The van der Waals surface area contributed by atoms with Crippen molar-refractivity contribution in [2.24, 2.45) is 0 Å². The number of aromatic nitrogens is 2. The molecule has 2 aromatic carbocycles. The van der Waals surface area contributed by atoms with Crippen LogP contribution < -0.4 is 15.4 Å². The predicted octanol–water partition coefficient (Wildman–Crippen LogP) is 4.04. The summed E-state index contributed by atoms with van der Waals surface area (Å²) in [5.74, 6) is 0.983. The number of rotatable bonds is 6. The maximum Gasteiger partial charge on any atom is 0.274 e. The van der Waals surface area contributed by atoms with Crippen LogP contribution in [0.3, 0.4) is 0 Å². The minimum Gasteiger partial charge on any atom is -0.497 e. The first-order valence-corrected chi connectivity index (χ1v) is 8.31. The number of hydrogen-bond acceptors (Lipinski definition) is 5. The van der Waals surface area contributed by atoms with Gasteiger partial charge in [0.25, 0.3) is 5.91 Å². The summed E-state index contributed by atoms with van der Waals surface area (Å²) in [6.07, 6.45) is 2.36. The zero-order chi connectivity index (χ0) is 18.4. The molecule has 1 amide bonds. The van der Waals surface area contributed by atoms with Crippen LogP contribution in [0.2, 0.25) is 0 Å². The molecular formula is C20H20N4O2. The third kappa shape index (κ3) is 4.36. The molecule has 3 rings (SSSR count). The van der Waals surface area contributed by atoms with Crippen LogP contribution >= 0.6 is 0 Å². The van der Waals surface area contributed by atoms with Gasteiger partial charge in [-0.15, -0.1) is 0 Å². The highest BCUT2D eigenvalue weighted by molar-refractivity contribution is 6.03. The van der Waals surface area contributed by atoms with Gasteiger partial charge in [0.1, 0.15) is 23.6 Å². The number of nitrogens with one attached hydrogen (secondary N) is 2.